The van der Waals surface area contributed by atoms with E-state index in [4.69, 9.17) is 29.1 Å². The first-order valence-corrected chi connectivity index (χ1v) is 13.8. The van der Waals surface area contributed by atoms with Crippen LogP contribution >= 0.6 is 15.5 Å². The molecule has 4 N–H and O–H groups in total. The van der Waals surface area contributed by atoms with E-state index in [1.165, 1.54) is 0 Å². The fourth-order valence-corrected chi connectivity index (χ4v) is 4.81. The Balaban J connectivity index is 3.73. The molecule has 0 rings (SSSR count). The van der Waals surface area contributed by atoms with Gasteiger partial charge in [-0.1, -0.05) is 52.9 Å². The number of nitrogens with two attached hydrogens (primary N) is 2. The highest BCUT2D eigenvalue weighted by Gasteiger charge is 2.22. The van der Waals surface area contributed by atoms with Gasteiger partial charge in [-0.3, -0.25) is 18.1 Å². The number of hydrogen-bond donors (Lipinski definition) is 2. The highest BCUT2D eigenvalue weighted by Crippen LogP contribution is 2.42. The molecule has 0 fully saturated rings. The van der Waals surface area contributed by atoms with Crippen LogP contribution in [-0.2, 0) is 27.2 Å². The molecule has 0 heterocycles. The van der Waals surface area contributed by atoms with E-state index in [1.54, 1.807) is 0 Å². The Morgan fingerprint density at radius 3 is 1.82 bits per heavy atom. The summed E-state index contributed by atoms with van der Waals surface area (Å²) in [5.41, 5.74) is 11.2. The largest absolute Gasteiger partial charge is 0.403 e. The van der Waals surface area contributed by atoms with E-state index in [1.807, 2.05) is 27.7 Å². The third kappa shape index (κ3) is 16.1. The van der Waals surface area contributed by atoms with E-state index < -0.39 is 15.5 Å². The maximum Gasteiger partial charge on any atom is 0.403 e. The zero-order valence-corrected chi connectivity index (χ0v) is 19.9. The van der Waals surface area contributed by atoms with Crippen molar-refractivity contribution in [2.45, 2.75) is 104 Å². The minimum atomic E-state index is -3.45. The molecule has 0 aromatic heterocycles. The SMILES string of the molecule is CCCCOP(N)(=O)OC(C)CCCCCCCOP(N)(=O)OC(CC)CC. The summed E-state index contributed by atoms with van der Waals surface area (Å²) in [6.45, 7) is 8.50. The summed E-state index contributed by atoms with van der Waals surface area (Å²) in [6.07, 6.45) is 8.45. The van der Waals surface area contributed by atoms with E-state index in [9.17, 15) is 9.13 Å². The van der Waals surface area contributed by atoms with Crippen molar-refractivity contribution in [3.05, 3.63) is 0 Å². The molecule has 0 bridgehead atoms. The lowest BCUT2D eigenvalue weighted by atomic mass is 10.1. The van der Waals surface area contributed by atoms with Crippen LogP contribution in [0.15, 0.2) is 0 Å². The van der Waals surface area contributed by atoms with E-state index in [-0.39, 0.29) is 12.2 Å². The topological polar surface area (TPSA) is 123 Å². The lowest BCUT2D eigenvalue weighted by Gasteiger charge is -2.19. The Kier molecular flexibility index (Phi) is 16.1. The quantitative estimate of drug-likeness (QED) is 0.186. The Hall–Kier alpha value is 0.220. The van der Waals surface area contributed by atoms with E-state index in [0.29, 0.717) is 13.2 Å². The first kappa shape index (κ1) is 28.2. The van der Waals surface area contributed by atoms with Crippen molar-refractivity contribution in [3.63, 3.8) is 0 Å². The zero-order chi connectivity index (χ0) is 21.5. The van der Waals surface area contributed by atoms with Gasteiger partial charge in [-0.05, 0) is 39.0 Å². The monoisotopic (exact) mass is 444 g/mol. The minimum Gasteiger partial charge on any atom is -0.297 e. The van der Waals surface area contributed by atoms with E-state index >= 15 is 0 Å². The van der Waals surface area contributed by atoms with Gasteiger partial charge >= 0.3 is 15.5 Å². The summed E-state index contributed by atoms with van der Waals surface area (Å²) in [7, 11) is -6.90. The molecule has 3 unspecified atom stereocenters. The molecule has 170 valence electrons. The first-order valence-electron chi connectivity index (χ1n) is 10.6. The van der Waals surface area contributed by atoms with Gasteiger partial charge in [-0.25, -0.2) is 20.1 Å². The summed E-state index contributed by atoms with van der Waals surface area (Å²) in [5.74, 6) is 0. The highest BCUT2D eigenvalue weighted by molar-refractivity contribution is 7.51. The fourth-order valence-electron chi connectivity index (χ4n) is 2.60. The summed E-state index contributed by atoms with van der Waals surface area (Å²) in [5, 5.41) is 0. The summed E-state index contributed by atoms with van der Waals surface area (Å²) < 4.78 is 45.0. The van der Waals surface area contributed by atoms with Crippen LogP contribution in [0.2, 0.25) is 0 Å². The smallest absolute Gasteiger partial charge is 0.297 e. The van der Waals surface area contributed by atoms with E-state index in [2.05, 4.69) is 0 Å². The van der Waals surface area contributed by atoms with Crippen LogP contribution in [0.3, 0.4) is 0 Å². The number of hydrogen-bond acceptors (Lipinski definition) is 6. The Morgan fingerprint density at radius 2 is 1.25 bits per heavy atom. The Morgan fingerprint density at radius 1 is 0.750 bits per heavy atom. The van der Waals surface area contributed by atoms with Gasteiger partial charge in [0.25, 0.3) is 0 Å². The van der Waals surface area contributed by atoms with Crippen molar-refractivity contribution < 1.29 is 27.2 Å². The van der Waals surface area contributed by atoms with Gasteiger partial charge in [0.2, 0.25) is 0 Å². The van der Waals surface area contributed by atoms with Crippen molar-refractivity contribution in [2.75, 3.05) is 13.2 Å². The second-order valence-electron chi connectivity index (χ2n) is 7.12. The maximum atomic E-state index is 12.0. The van der Waals surface area contributed by atoms with Crippen molar-refractivity contribution in [1.29, 1.82) is 0 Å². The van der Waals surface area contributed by atoms with Crippen LogP contribution in [0.4, 0.5) is 0 Å². The van der Waals surface area contributed by atoms with Crippen LogP contribution in [-0.4, -0.2) is 25.4 Å². The molecule has 0 aliphatic carbocycles. The van der Waals surface area contributed by atoms with E-state index in [0.717, 1.165) is 64.2 Å². The predicted octanol–water partition coefficient (Wildman–Crippen LogP) is 5.90. The standard InChI is InChI=1S/C18H42N2O6P2/c1-5-8-15-23-27(19,21)25-17(4)14-12-10-9-11-13-16-24-28(20,22)26-18(6-2)7-3/h17-18H,5-16H2,1-4H3,(H2,19,21)(H2,20,22). The third-order valence-electron chi connectivity index (χ3n) is 4.33. The van der Waals surface area contributed by atoms with Crippen molar-refractivity contribution >= 4 is 15.5 Å². The average Bonchev–Trinajstić information content (AvgIpc) is 2.61. The van der Waals surface area contributed by atoms with Crippen LogP contribution < -0.4 is 11.0 Å². The fraction of sp³-hybridized carbons (Fsp3) is 1.00. The second kappa shape index (κ2) is 16.0. The lowest BCUT2D eigenvalue weighted by molar-refractivity contribution is 0.138. The first-order chi connectivity index (χ1) is 13.2. The molecule has 3 atom stereocenters. The van der Waals surface area contributed by atoms with Crippen molar-refractivity contribution in [3.8, 4) is 0 Å². The van der Waals surface area contributed by atoms with Crippen molar-refractivity contribution in [2.24, 2.45) is 11.0 Å². The predicted molar refractivity (Wildman–Crippen MR) is 114 cm³/mol. The highest BCUT2D eigenvalue weighted by atomic mass is 31.2. The zero-order valence-electron chi connectivity index (χ0n) is 18.1. The second-order valence-corrected chi connectivity index (χ2v) is 10.2. The molecule has 28 heavy (non-hydrogen) atoms. The Labute approximate surface area is 171 Å². The van der Waals surface area contributed by atoms with Gasteiger partial charge in [0.15, 0.2) is 0 Å². The Bertz CT molecular complexity index is 477. The normalized spacial score (nSPS) is 17.4. The van der Waals surface area contributed by atoms with Gasteiger partial charge in [-0.15, -0.1) is 0 Å². The molecule has 0 aromatic carbocycles. The molecule has 0 aliphatic heterocycles. The van der Waals surface area contributed by atoms with Crippen LogP contribution in [0.25, 0.3) is 0 Å². The molecule has 0 saturated heterocycles. The van der Waals surface area contributed by atoms with Gasteiger partial charge < -0.3 is 0 Å². The number of rotatable bonds is 19. The van der Waals surface area contributed by atoms with Gasteiger partial charge in [-0.2, -0.15) is 0 Å². The third-order valence-corrected chi connectivity index (χ3v) is 6.66. The number of unbranched alkanes of at least 4 members (excludes halogenated alkanes) is 5. The molecule has 0 radical (unpaired) electrons. The molecular weight excluding hydrogens is 402 g/mol. The molecule has 8 nitrogen and oxygen atoms in total. The molecule has 10 heteroatoms. The lowest BCUT2D eigenvalue weighted by Crippen LogP contribution is -2.14. The molecule has 0 aromatic rings. The molecule has 0 amide bonds. The molecule has 0 saturated carbocycles. The molecule has 0 spiro atoms. The maximum absolute atomic E-state index is 12.0. The van der Waals surface area contributed by atoms with Crippen LogP contribution in [0, 0.1) is 0 Å². The van der Waals surface area contributed by atoms with Crippen molar-refractivity contribution in [1.82, 2.24) is 0 Å². The summed E-state index contributed by atoms with van der Waals surface area (Å²) in [4.78, 5) is 0. The van der Waals surface area contributed by atoms with Gasteiger partial charge in [0.05, 0.1) is 25.4 Å². The summed E-state index contributed by atoms with van der Waals surface area (Å²) >= 11 is 0. The summed E-state index contributed by atoms with van der Waals surface area (Å²) in [6, 6.07) is 0. The van der Waals surface area contributed by atoms with Crippen LogP contribution in [0.1, 0.15) is 91.9 Å². The molecular formula is C18H42N2O6P2. The average molecular weight is 444 g/mol. The van der Waals surface area contributed by atoms with Gasteiger partial charge in [0.1, 0.15) is 0 Å². The van der Waals surface area contributed by atoms with Gasteiger partial charge in [0, 0.05) is 0 Å². The van der Waals surface area contributed by atoms with Crippen LogP contribution in [0.5, 0.6) is 0 Å². The molecule has 0 aliphatic rings. The minimum absolute atomic E-state index is 0.124.